The molecule has 20 heavy (non-hydrogen) atoms. The number of benzene rings is 2. The molecule has 0 aromatic heterocycles. The first-order valence-electron chi connectivity index (χ1n) is 5.94. The fourth-order valence-corrected chi connectivity index (χ4v) is 1.56. The van der Waals surface area contributed by atoms with Crippen molar-refractivity contribution in [3.8, 4) is 5.75 Å². The molecule has 2 aromatic carbocycles. The van der Waals surface area contributed by atoms with Crippen molar-refractivity contribution in [3.63, 3.8) is 0 Å². The van der Waals surface area contributed by atoms with Crippen molar-refractivity contribution in [3.05, 3.63) is 59.2 Å². The molecule has 0 heterocycles. The van der Waals surface area contributed by atoms with Gasteiger partial charge < -0.3 is 5.11 Å². The van der Waals surface area contributed by atoms with Gasteiger partial charge in [-0.1, -0.05) is 29.8 Å². The predicted octanol–water partition coefficient (Wildman–Crippen LogP) is 5.14. The van der Waals surface area contributed by atoms with Crippen molar-refractivity contribution in [1.82, 2.24) is 0 Å². The van der Waals surface area contributed by atoms with Crippen LogP contribution in [0, 0.1) is 13.8 Å². The molecule has 0 atom stereocenters. The van der Waals surface area contributed by atoms with E-state index in [2.05, 4.69) is 4.99 Å². The van der Waals surface area contributed by atoms with E-state index >= 15 is 0 Å². The van der Waals surface area contributed by atoms with Crippen LogP contribution >= 0.6 is 18.6 Å². The molecule has 0 saturated carbocycles. The van der Waals surface area contributed by atoms with E-state index in [4.69, 9.17) is 18.6 Å². The van der Waals surface area contributed by atoms with Gasteiger partial charge in [0.25, 0.3) is 0 Å². The Morgan fingerprint density at radius 1 is 1.05 bits per heavy atom. The Labute approximate surface area is 136 Å². The summed E-state index contributed by atoms with van der Waals surface area (Å²) in [6.45, 7) is 3.92. The molecule has 104 valence electrons. The van der Waals surface area contributed by atoms with E-state index in [0.29, 0.717) is 5.75 Å². The van der Waals surface area contributed by atoms with E-state index < -0.39 is 17.0 Å². The molecular weight excluding hydrogens is 329 g/mol. The molecule has 0 unspecified atom stereocenters. The van der Waals surface area contributed by atoms with Gasteiger partial charge in [0.05, 0.1) is 5.69 Å². The third-order valence-corrected chi connectivity index (χ3v) is 2.66. The van der Waals surface area contributed by atoms with E-state index in [1.165, 1.54) is 5.56 Å². The normalized spacial score (nSPS) is 10.0. The fourth-order valence-electron chi connectivity index (χ4n) is 1.56. The van der Waals surface area contributed by atoms with Crippen LogP contribution in [0.3, 0.4) is 0 Å². The van der Waals surface area contributed by atoms with Crippen LogP contribution in [0.2, 0.25) is 0 Å². The molecule has 0 saturated heterocycles. The van der Waals surface area contributed by atoms with Gasteiger partial charge in [0.2, 0.25) is 0 Å². The van der Waals surface area contributed by atoms with Crippen molar-refractivity contribution in [1.29, 1.82) is 0 Å². The number of aliphatic imine (C=N–C) groups is 1. The van der Waals surface area contributed by atoms with Gasteiger partial charge in [-0.25, -0.2) is 0 Å². The summed E-state index contributed by atoms with van der Waals surface area (Å²) in [4.78, 5) is 4.33. The van der Waals surface area contributed by atoms with Crippen LogP contribution in [0.1, 0.15) is 16.7 Å². The van der Waals surface area contributed by atoms with Crippen LogP contribution in [0.25, 0.3) is 0 Å². The van der Waals surface area contributed by atoms with Gasteiger partial charge in [0, 0.05) is 11.8 Å². The van der Waals surface area contributed by atoms with Gasteiger partial charge in [-0.15, -0.1) is 0 Å². The second-order valence-electron chi connectivity index (χ2n) is 4.18. The van der Waals surface area contributed by atoms with Gasteiger partial charge in [-0.3, -0.25) is 4.99 Å². The molecule has 0 bridgehead atoms. The second-order valence-corrected chi connectivity index (χ2v) is 6.76. The summed E-state index contributed by atoms with van der Waals surface area (Å²) in [5.41, 5.74) is 3.70. The van der Waals surface area contributed by atoms with E-state index in [1.54, 1.807) is 6.21 Å². The number of phenols is 1. The number of nitrogens with zero attached hydrogens (tertiary/aromatic N) is 1. The number of halogens is 2. The van der Waals surface area contributed by atoms with Crippen LogP contribution in [-0.2, 0) is 17.0 Å². The number of aryl methyl sites for hydroxylation is 2. The molecule has 1 N–H and O–H groups in total. The molecule has 0 aliphatic rings. The Bertz CT molecular complexity index is 571. The number of rotatable bonds is 2. The van der Waals surface area contributed by atoms with Crippen LogP contribution in [0.4, 0.5) is 5.69 Å². The van der Waals surface area contributed by atoms with E-state index in [0.717, 1.165) is 16.8 Å². The van der Waals surface area contributed by atoms with Crippen molar-refractivity contribution in [2.75, 3.05) is 0 Å². The molecule has 0 amide bonds. The molecule has 0 aliphatic heterocycles. The molecule has 0 radical (unpaired) electrons. The zero-order valence-corrected chi connectivity index (χ0v) is 14.3. The van der Waals surface area contributed by atoms with Crippen molar-refractivity contribution < 1.29 is 22.1 Å². The summed E-state index contributed by atoms with van der Waals surface area (Å²) in [5, 5.41) is 9.83. The third-order valence-electron chi connectivity index (χ3n) is 2.66. The average molecular weight is 344 g/mol. The zero-order valence-electron chi connectivity index (χ0n) is 11.3. The average Bonchev–Trinajstić information content (AvgIpc) is 2.43. The third kappa shape index (κ3) is 5.68. The molecule has 0 spiro atoms. The van der Waals surface area contributed by atoms with Gasteiger partial charge in [-0.05, 0) is 37.6 Å². The van der Waals surface area contributed by atoms with E-state index in [-0.39, 0.29) is 0 Å². The first-order chi connectivity index (χ1) is 9.58. The maximum absolute atomic E-state index is 9.83. The number of para-hydroxylation sites is 1. The van der Waals surface area contributed by atoms with Crippen molar-refractivity contribution in [2.45, 2.75) is 13.8 Å². The minimum atomic E-state index is -0.556. The number of phenolic OH excluding ortho intramolecular Hbond substituents is 1. The molecule has 0 aliphatic carbocycles. The van der Waals surface area contributed by atoms with Crippen molar-refractivity contribution >= 4 is 30.5 Å². The van der Waals surface area contributed by atoms with Crippen molar-refractivity contribution in [2.24, 2.45) is 4.99 Å². The molecular formula is C15H15Cl2NOTi. The summed E-state index contributed by atoms with van der Waals surface area (Å²) in [5.74, 6) is 0.295. The van der Waals surface area contributed by atoms with Crippen LogP contribution in [0.5, 0.6) is 5.75 Å². The Hall–Kier alpha value is -0.796. The summed E-state index contributed by atoms with van der Waals surface area (Å²) in [6, 6.07) is 13.6. The SMILES string of the molecule is Cc1ccc(N=Cc2cccc(C)c2O)cc1.[Cl][Ti][Cl]. The second kappa shape index (κ2) is 9.20. The first kappa shape index (κ1) is 17.3. The van der Waals surface area contributed by atoms with Crippen LogP contribution in [0.15, 0.2) is 47.5 Å². The predicted molar refractivity (Wildman–Crippen MR) is 83.0 cm³/mol. The zero-order chi connectivity index (χ0) is 15.0. The number of hydrogen-bond donors (Lipinski definition) is 1. The molecule has 2 nitrogen and oxygen atoms in total. The Morgan fingerprint density at radius 3 is 2.25 bits per heavy atom. The number of hydrogen-bond acceptors (Lipinski definition) is 2. The van der Waals surface area contributed by atoms with Crippen LogP contribution in [-0.4, -0.2) is 11.3 Å². The number of aromatic hydroxyl groups is 1. The van der Waals surface area contributed by atoms with E-state index in [9.17, 15) is 5.11 Å². The molecule has 2 rings (SSSR count). The Kier molecular flexibility index (Phi) is 7.94. The summed E-state index contributed by atoms with van der Waals surface area (Å²) < 4.78 is 0. The van der Waals surface area contributed by atoms with E-state index in [1.807, 2.05) is 56.3 Å². The first-order valence-corrected chi connectivity index (χ1v) is 10.2. The van der Waals surface area contributed by atoms with Gasteiger partial charge in [0.1, 0.15) is 5.75 Å². The minimum absolute atomic E-state index is 0.295. The Morgan fingerprint density at radius 2 is 1.65 bits per heavy atom. The van der Waals surface area contributed by atoms with Gasteiger partial charge in [0.15, 0.2) is 0 Å². The van der Waals surface area contributed by atoms with Gasteiger partial charge >= 0.3 is 35.6 Å². The summed E-state index contributed by atoms with van der Waals surface area (Å²) in [7, 11) is 9.78. The molecule has 2 aromatic rings. The summed E-state index contributed by atoms with van der Waals surface area (Å²) in [6.07, 6.45) is 1.69. The fraction of sp³-hybridized carbons (Fsp3) is 0.133. The maximum atomic E-state index is 9.83. The molecule has 5 heteroatoms. The monoisotopic (exact) mass is 343 g/mol. The Balaban J connectivity index is 0.000000612. The molecule has 0 fully saturated rings. The topological polar surface area (TPSA) is 32.6 Å². The standard InChI is InChI=1S/C15H15NO.2ClH.Ti/c1-11-6-8-14(9-7-11)16-10-13-5-3-4-12(2)15(13)17;;;/h3-10,17H,1-2H3;2*1H;/q;;;+2/p-2. The van der Waals surface area contributed by atoms with Gasteiger partial charge in [-0.2, -0.15) is 0 Å². The quantitative estimate of drug-likeness (QED) is 0.594. The summed E-state index contributed by atoms with van der Waals surface area (Å²) >= 11 is -0.556. The van der Waals surface area contributed by atoms with Crippen LogP contribution < -0.4 is 0 Å².